The van der Waals surface area contributed by atoms with Crippen LogP contribution in [0.2, 0.25) is 5.15 Å². The van der Waals surface area contributed by atoms with Gasteiger partial charge in [0.25, 0.3) is 0 Å². The number of nitrogens with zero attached hydrogens (tertiary/aromatic N) is 3. The van der Waals surface area contributed by atoms with Crippen molar-refractivity contribution in [2.75, 3.05) is 11.9 Å². The van der Waals surface area contributed by atoms with Gasteiger partial charge >= 0.3 is 11.8 Å². The van der Waals surface area contributed by atoms with Crippen molar-refractivity contribution in [1.82, 2.24) is 20.1 Å². The van der Waals surface area contributed by atoms with Gasteiger partial charge in [-0.05, 0) is 30.9 Å². The van der Waals surface area contributed by atoms with E-state index in [4.69, 9.17) is 11.6 Å². The number of pyridine rings is 1. The van der Waals surface area contributed by atoms with E-state index in [2.05, 4.69) is 20.7 Å². The molecule has 1 aliphatic carbocycles. The topological polar surface area (TPSA) is 88.9 Å². The zero-order chi connectivity index (χ0) is 17.1. The number of rotatable bonds is 5. The van der Waals surface area contributed by atoms with E-state index in [1.165, 1.54) is 0 Å². The summed E-state index contributed by atoms with van der Waals surface area (Å²) in [6.45, 7) is 0.338. The van der Waals surface area contributed by atoms with Crippen LogP contribution in [0, 0.1) is 0 Å². The quantitative estimate of drug-likeness (QED) is 0.635. The second-order valence-corrected chi connectivity index (χ2v) is 6.19. The molecule has 0 atom stereocenters. The minimum atomic E-state index is -0.718. The van der Waals surface area contributed by atoms with Crippen molar-refractivity contribution in [2.45, 2.75) is 25.2 Å². The van der Waals surface area contributed by atoms with Gasteiger partial charge in [-0.1, -0.05) is 17.7 Å². The number of aromatic nitrogens is 3. The fourth-order valence-corrected chi connectivity index (χ4v) is 2.54. The van der Waals surface area contributed by atoms with Gasteiger partial charge in [-0.25, -0.2) is 4.98 Å². The molecule has 3 rings (SSSR count). The minimum absolute atomic E-state index is 0.338. The third-order valence-corrected chi connectivity index (χ3v) is 4.07. The van der Waals surface area contributed by atoms with Crippen molar-refractivity contribution in [3.05, 3.63) is 40.8 Å². The highest BCUT2D eigenvalue weighted by Crippen LogP contribution is 2.40. The summed E-state index contributed by atoms with van der Waals surface area (Å²) in [6, 6.07) is 5.33. The summed E-state index contributed by atoms with van der Waals surface area (Å²) in [6.07, 6.45) is 4.50. The number of halogens is 1. The predicted molar refractivity (Wildman–Crippen MR) is 89.8 cm³/mol. The Morgan fingerprint density at radius 2 is 2.12 bits per heavy atom. The van der Waals surface area contributed by atoms with Gasteiger partial charge in [0.05, 0.1) is 0 Å². The van der Waals surface area contributed by atoms with Crippen LogP contribution in [-0.4, -0.2) is 33.1 Å². The summed E-state index contributed by atoms with van der Waals surface area (Å²) >= 11 is 5.71. The summed E-state index contributed by atoms with van der Waals surface area (Å²) in [5.41, 5.74) is 2.01. The fourth-order valence-electron chi connectivity index (χ4n) is 2.43. The van der Waals surface area contributed by atoms with Crippen molar-refractivity contribution in [3.8, 4) is 0 Å². The van der Waals surface area contributed by atoms with Crippen molar-refractivity contribution in [3.63, 3.8) is 0 Å². The van der Waals surface area contributed by atoms with Crippen LogP contribution in [0.3, 0.4) is 0 Å². The number of amides is 2. The number of anilines is 1. The second kappa shape index (κ2) is 7.00. The lowest BCUT2D eigenvalue weighted by Gasteiger charge is -2.05. The molecule has 8 heteroatoms. The minimum Gasteiger partial charge on any atom is -0.347 e. The van der Waals surface area contributed by atoms with E-state index in [-0.39, 0.29) is 0 Å². The first kappa shape index (κ1) is 16.4. The van der Waals surface area contributed by atoms with E-state index in [1.807, 2.05) is 19.2 Å². The molecule has 0 saturated heterocycles. The van der Waals surface area contributed by atoms with Crippen LogP contribution in [0.25, 0.3) is 0 Å². The van der Waals surface area contributed by atoms with E-state index in [0.29, 0.717) is 29.9 Å². The van der Waals surface area contributed by atoms with Gasteiger partial charge in [0, 0.05) is 37.5 Å². The molecular weight excluding hydrogens is 330 g/mol. The maximum absolute atomic E-state index is 11.9. The average molecular weight is 348 g/mol. The smallest absolute Gasteiger partial charge is 0.314 e. The summed E-state index contributed by atoms with van der Waals surface area (Å²) < 4.78 is 1.75. The van der Waals surface area contributed by atoms with Gasteiger partial charge in [-0.15, -0.1) is 0 Å². The van der Waals surface area contributed by atoms with Gasteiger partial charge in [-0.3, -0.25) is 14.3 Å². The van der Waals surface area contributed by atoms with Crippen LogP contribution >= 0.6 is 11.6 Å². The Morgan fingerprint density at radius 3 is 2.79 bits per heavy atom. The Balaban J connectivity index is 1.47. The highest BCUT2D eigenvalue weighted by atomic mass is 35.5. The summed E-state index contributed by atoms with van der Waals surface area (Å²) in [5, 5.41) is 9.74. The van der Waals surface area contributed by atoms with Gasteiger partial charge in [0.1, 0.15) is 5.15 Å². The lowest BCUT2D eigenvalue weighted by Crippen LogP contribution is -2.36. The molecule has 0 spiro atoms. The molecule has 1 saturated carbocycles. The first-order chi connectivity index (χ1) is 11.5. The Kier molecular flexibility index (Phi) is 4.80. The number of hydrogen-bond donors (Lipinski definition) is 2. The van der Waals surface area contributed by atoms with Gasteiger partial charge in [0.2, 0.25) is 0 Å². The van der Waals surface area contributed by atoms with Crippen molar-refractivity contribution < 1.29 is 9.59 Å². The molecule has 2 heterocycles. The monoisotopic (exact) mass is 347 g/mol. The zero-order valence-electron chi connectivity index (χ0n) is 13.3. The molecule has 7 nitrogen and oxygen atoms in total. The molecule has 2 aromatic rings. The van der Waals surface area contributed by atoms with Crippen LogP contribution < -0.4 is 10.6 Å². The van der Waals surface area contributed by atoms with Crippen LogP contribution in [0.4, 0.5) is 5.82 Å². The molecule has 0 bridgehead atoms. The van der Waals surface area contributed by atoms with Crippen LogP contribution in [-0.2, 0) is 23.1 Å². The third kappa shape index (κ3) is 4.11. The molecule has 0 radical (unpaired) electrons. The summed E-state index contributed by atoms with van der Waals surface area (Å²) in [4.78, 5) is 27.7. The molecule has 1 fully saturated rings. The van der Waals surface area contributed by atoms with E-state index in [9.17, 15) is 9.59 Å². The number of carbonyl (C=O) groups is 2. The maximum atomic E-state index is 11.9. The Morgan fingerprint density at radius 1 is 1.33 bits per heavy atom. The molecular formula is C16H18ClN5O2. The lowest BCUT2D eigenvalue weighted by molar-refractivity contribution is -0.136. The average Bonchev–Trinajstić information content (AvgIpc) is 3.33. The standard InChI is InChI=1S/C16H18ClN5O2/c1-22-12(11-3-4-11)8-14(21-22)20-16(24)15(23)18-7-6-10-2-5-13(17)19-9-10/h2,5,8-9,11H,3-4,6-7H2,1H3,(H,18,23)(H,20,21,24). The normalized spacial score (nSPS) is 13.6. The molecule has 126 valence electrons. The van der Waals surface area contributed by atoms with Gasteiger partial charge < -0.3 is 10.6 Å². The van der Waals surface area contributed by atoms with E-state index in [0.717, 1.165) is 24.1 Å². The van der Waals surface area contributed by atoms with Crippen molar-refractivity contribution >= 4 is 29.2 Å². The largest absolute Gasteiger partial charge is 0.347 e. The van der Waals surface area contributed by atoms with Gasteiger partial charge in [0.15, 0.2) is 5.82 Å². The Hall–Kier alpha value is -2.41. The Bertz CT molecular complexity index is 752. The first-order valence-electron chi connectivity index (χ1n) is 7.76. The number of hydrogen-bond acceptors (Lipinski definition) is 4. The van der Waals surface area contributed by atoms with Crippen LogP contribution in [0.1, 0.15) is 30.0 Å². The number of nitrogens with one attached hydrogen (secondary N) is 2. The van der Waals surface area contributed by atoms with Gasteiger partial charge in [-0.2, -0.15) is 5.10 Å². The molecule has 0 aliphatic heterocycles. The number of carbonyl (C=O) groups excluding carboxylic acids is 2. The van der Waals surface area contributed by atoms with Crippen molar-refractivity contribution in [1.29, 1.82) is 0 Å². The zero-order valence-corrected chi connectivity index (χ0v) is 14.0. The van der Waals surface area contributed by atoms with Crippen LogP contribution in [0.5, 0.6) is 0 Å². The highest BCUT2D eigenvalue weighted by Gasteiger charge is 2.27. The number of aryl methyl sites for hydroxylation is 1. The Labute approximate surface area is 144 Å². The molecule has 0 unspecified atom stereocenters. The predicted octanol–water partition coefficient (Wildman–Crippen LogP) is 1.64. The second-order valence-electron chi connectivity index (χ2n) is 5.80. The van der Waals surface area contributed by atoms with E-state index in [1.54, 1.807) is 16.9 Å². The third-order valence-electron chi connectivity index (χ3n) is 3.85. The maximum Gasteiger partial charge on any atom is 0.314 e. The molecule has 2 amide bonds. The first-order valence-corrected chi connectivity index (χ1v) is 8.14. The van der Waals surface area contributed by atoms with Crippen LogP contribution in [0.15, 0.2) is 24.4 Å². The lowest BCUT2D eigenvalue weighted by atomic mass is 10.2. The highest BCUT2D eigenvalue weighted by molar-refractivity contribution is 6.39. The summed E-state index contributed by atoms with van der Waals surface area (Å²) in [5.74, 6) is -0.475. The summed E-state index contributed by atoms with van der Waals surface area (Å²) in [7, 11) is 1.84. The van der Waals surface area contributed by atoms with E-state index < -0.39 is 11.8 Å². The van der Waals surface area contributed by atoms with E-state index >= 15 is 0 Å². The molecule has 24 heavy (non-hydrogen) atoms. The van der Waals surface area contributed by atoms with Crippen molar-refractivity contribution in [2.24, 2.45) is 7.05 Å². The fraction of sp³-hybridized carbons (Fsp3) is 0.375. The SMILES string of the molecule is Cn1nc(NC(=O)C(=O)NCCc2ccc(Cl)nc2)cc1C1CC1. The molecule has 2 N–H and O–H groups in total. The molecule has 0 aromatic carbocycles. The molecule has 2 aromatic heterocycles. The molecule has 1 aliphatic rings.